The minimum absolute atomic E-state index is 0.0235. The first-order valence-electron chi connectivity index (χ1n) is 6.67. The van der Waals surface area contributed by atoms with Crippen LogP contribution in [0.15, 0.2) is 46.7 Å². The normalized spacial score (nSPS) is 12.8. The molecule has 0 radical (unpaired) electrons. The number of carbonyl (C=O) groups excluding carboxylic acids is 1. The third-order valence-electron chi connectivity index (χ3n) is 2.96. The lowest BCUT2D eigenvalue weighted by molar-refractivity contribution is -0.138. The second-order valence-electron chi connectivity index (χ2n) is 4.34. The molecule has 0 heterocycles. The predicted molar refractivity (Wildman–Crippen MR) is 80.1 cm³/mol. The lowest BCUT2D eigenvalue weighted by atomic mass is 10.0. The first-order chi connectivity index (χ1) is 9.60. The average molecular weight is 275 g/mol. The zero-order valence-corrected chi connectivity index (χ0v) is 12.2. The van der Waals surface area contributed by atoms with Crippen molar-refractivity contribution >= 4 is 11.7 Å². The van der Waals surface area contributed by atoms with Crippen molar-refractivity contribution in [3.63, 3.8) is 0 Å². The molecule has 1 N–H and O–H groups in total. The average Bonchev–Trinajstić information content (AvgIpc) is 2.46. The summed E-state index contributed by atoms with van der Waals surface area (Å²) in [6.07, 6.45) is 1.04. The second-order valence-corrected chi connectivity index (χ2v) is 4.34. The van der Waals surface area contributed by atoms with E-state index in [0.717, 1.165) is 5.56 Å². The van der Waals surface area contributed by atoms with E-state index >= 15 is 0 Å². The van der Waals surface area contributed by atoms with Crippen molar-refractivity contribution < 1.29 is 14.6 Å². The Morgan fingerprint density at radius 2 is 1.95 bits per heavy atom. The Morgan fingerprint density at radius 1 is 1.30 bits per heavy atom. The van der Waals surface area contributed by atoms with Gasteiger partial charge in [0.2, 0.25) is 0 Å². The molecule has 4 nitrogen and oxygen atoms in total. The number of hydrogen-bond donors (Lipinski definition) is 1. The third-order valence-corrected chi connectivity index (χ3v) is 2.96. The molecule has 0 saturated carbocycles. The molecule has 0 aliphatic carbocycles. The Hall–Kier alpha value is -2.10. The molecule has 0 amide bonds. The number of allylic oxidation sites excluding steroid dienone is 1. The largest absolute Gasteiger partial charge is 0.511 e. The van der Waals surface area contributed by atoms with Gasteiger partial charge in [-0.1, -0.05) is 30.3 Å². The van der Waals surface area contributed by atoms with E-state index in [1.165, 1.54) is 0 Å². The smallest absolute Gasteiger partial charge is 0.343 e. The quantitative estimate of drug-likeness (QED) is 0.375. The molecular weight excluding hydrogens is 254 g/mol. The first-order valence-corrected chi connectivity index (χ1v) is 6.67. The van der Waals surface area contributed by atoms with E-state index in [-0.39, 0.29) is 17.9 Å². The Labute approximate surface area is 119 Å². The number of carbonyl (C=O) groups is 1. The lowest BCUT2D eigenvalue weighted by Gasteiger charge is -2.10. The Balaban J connectivity index is 2.88. The minimum Gasteiger partial charge on any atom is -0.511 e. The molecule has 108 valence electrons. The van der Waals surface area contributed by atoms with Crippen LogP contribution < -0.4 is 0 Å². The number of nitrogens with zero attached hydrogens (tertiary/aromatic N) is 1. The van der Waals surface area contributed by atoms with Gasteiger partial charge >= 0.3 is 5.97 Å². The fraction of sp³-hybridized carbons (Fsp3) is 0.375. The molecule has 0 saturated heterocycles. The summed E-state index contributed by atoms with van der Waals surface area (Å²) in [4.78, 5) is 15.8. The van der Waals surface area contributed by atoms with Crippen molar-refractivity contribution in [1.29, 1.82) is 0 Å². The predicted octanol–water partition coefficient (Wildman–Crippen LogP) is 3.09. The molecule has 1 rings (SSSR count). The van der Waals surface area contributed by atoms with E-state index < -0.39 is 5.97 Å². The van der Waals surface area contributed by atoms with Crippen LogP contribution >= 0.6 is 0 Å². The molecule has 1 aromatic carbocycles. The summed E-state index contributed by atoms with van der Waals surface area (Å²) < 4.78 is 4.96. The maximum absolute atomic E-state index is 11.9. The Morgan fingerprint density at radius 3 is 2.50 bits per heavy atom. The molecule has 0 unspecified atom stereocenters. The maximum Gasteiger partial charge on any atom is 0.343 e. The van der Waals surface area contributed by atoms with Gasteiger partial charge in [0.05, 0.1) is 6.61 Å². The van der Waals surface area contributed by atoms with Crippen LogP contribution in [0.1, 0.15) is 25.8 Å². The van der Waals surface area contributed by atoms with Gasteiger partial charge in [-0.25, -0.2) is 4.79 Å². The first kappa shape index (κ1) is 16.0. The van der Waals surface area contributed by atoms with Crippen LogP contribution in [0.2, 0.25) is 0 Å². The molecule has 0 aliphatic rings. The minimum atomic E-state index is -0.527. The fourth-order valence-electron chi connectivity index (χ4n) is 1.82. The van der Waals surface area contributed by atoms with Crippen molar-refractivity contribution in [2.75, 3.05) is 13.7 Å². The van der Waals surface area contributed by atoms with Crippen LogP contribution in [0.5, 0.6) is 0 Å². The van der Waals surface area contributed by atoms with Gasteiger partial charge in [-0.15, -0.1) is 0 Å². The van der Waals surface area contributed by atoms with E-state index in [1.54, 1.807) is 20.9 Å². The monoisotopic (exact) mass is 275 g/mol. The number of rotatable bonds is 6. The highest BCUT2D eigenvalue weighted by Crippen LogP contribution is 2.14. The van der Waals surface area contributed by atoms with Crippen LogP contribution in [-0.4, -0.2) is 30.4 Å². The molecule has 0 spiro atoms. The van der Waals surface area contributed by atoms with Gasteiger partial charge in [0, 0.05) is 19.2 Å². The van der Waals surface area contributed by atoms with Crippen LogP contribution in [0.3, 0.4) is 0 Å². The SMILES string of the molecule is CCOC(=O)/C(C(C)=NC)=C(\O)CCc1ccccc1. The van der Waals surface area contributed by atoms with Crippen molar-refractivity contribution in [2.45, 2.75) is 26.7 Å². The van der Waals surface area contributed by atoms with Gasteiger partial charge in [-0.2, -0.15) is 0 Å². The molecule has 20 heavy (non-hydrogen) atoms. The molecule has 0 fully saturated rings. The van der Waals surface area contributed by atoms with Crippen molar-refractivity contribution in [3.05, 3.63) is 47.2 Å². The molecule has 0 aromatic heterocycles. The van der Waals surface area contributed by atoms with Gasteiger partial charge in [-0.05, 0) is 25.8 Å². The van der Waals surface area contributed by atoms with Crippen molar-refractivity contribution in [3.8, 4) is 0 Å². The van der Waals surface area contributed by atoms with E-state index in [1.807, 2.05) is 30.3 Å². The zero-order valence-electron chi connectivity index (χ0n) is 12.2. The number of esters is 1. The number of aliphatic hydroxyl groups is 1. The molecule has 0 bridgehead atoms. The highest BCUT2D eigenvalue weighted by Gasteiger charge is 2.19. The highest BCUT2D eigenvalue weighted by molar-refractivity contribution is 6.19. The number of aliphatic imine (C=N–C) groups is 1. The standard InChI is InChI=1S/C16H21NO3/c1-4-20-16(19)15(12(2)17-3)14(18)11-10-13-8-6-5-7-9-13/h5-9,18H,4,10-11H2,1-3H3/b15-14-,17-12?. The van der Waals surface area contributed by atoms with Gasteiger partial charge in [0.15, 0.2) is 0 Å². The maximum atomic E-state index is 11.9. The highest BCUT2D eigenvalue weighted by atomic mass is 16.5. The summed E-state index contributed by atoms with van der Waals surface area (Å²) in [5, 5.41) is 10.2. The fourth-order valence-corrected chi connectivity index (χ4v) is 1.82. The topological polar surface area (TPSA) is 58.9 Å². The number of aryl methyl sites for hydroxylation is 1. The second kappa shape index (κ2) is 8.15. The summed E-state index contributed by atoms with van der Waals surface area (Å²) in [5.74, 6) is -0.503. The van der Waals surface area contributed by atoms with Crippen molar-refractivity contribution in [2.24, 2.45) is 4.99 Å². The molecule has 4 heteroatoms. The molecule has 0 aliphatic heterocycles. The summed E-state index contributed by atoms with van der Waals surface area (Å²) in [5.41, 5.74) is 1.76. The van der Waals surface area contributed by atoms with Gasteiger partial charge in [0.1, 0.15) is 11.3 Å². The van der Waals surface area contributed by atoms with E-state index in [9.17, 15) is 9.90 Å². The number of benzene rings is 1. The summed E-state index contributed by atoms with van der Waals surface area (Å²) in [7, 11) is 1.58. The van der Waals surface area contributed by atoms with Crippen LogP contribution in [-0.2, 0) is 16.0 Å². The summed E-state index contributed by atoms with van der Waals surface area (Å²) >= 11 is 0. The molecular formula is C16H21NO3. The molecule has 1 aromatic rings. The van der Waals surface area contributed by atoms with Crippen molar-refractivity contribution in [1.82, 2.24) is 0 Å². The Bertz CT molecular complexity index is 504. The number of aliphatic hydroxyl groups excluding tert-OH is 1. The van der Waals surface area contributed by atoms with Crippen LogP contribution in [0.25, 0.3) is 0 Å². The molecule has 0 atom stereocenters. The van der Waals surface area contributed by atoms with E-state index in [2.05, 4.69) is 4.99 Å². The van der Waals surface area contributed by atoms with Gasteiger partial charge < -0.3 is 9.84 Å². The number of hydrogen-bond acceptors (Lipinski definition) is 4. The van der Waals surface area contributed by atoms with E-state index in [0.29, 0.717) is 18.6 Å². The van der Waals surface area contributed by atoms with Gasteiger partial charge in [0.25, 0.3) is 0 Å². The number of ether oxygens (including phenoxy) is 1. The van der Waals surface area contributed by atoms with Crippen LogP contribution in [0, 0.1) is 0 Å². The van der Waals surface area contributed by atoms with Gasteiger partial charge in [-0.3, -0.25) is 4.99 Å². The zero-order chi connectivity index (χ0) is 15.0. The van der Waals surface area contributed by atoms with Crippen LogP contribution in [0.4, 0.5) is 0 Å². The third kappa shape index (κ3) is 4.53. The Kier molecular flexibility index (Phi) is 6.50. The summed E-state index contributed by atoms with van der Waals surface area (Å²) in [6, 6.07) is 9.80. The lowest BCUT2D eigenvalue weighted by Crippen LogP contribution is -2.17. The summed E-state index contributed by atoms with van der Waals surface area (Å²) in [6.45, 7) is 3.69. The van der Waals surface area contributed by atoms with E-state index in [4.69, 9.17) is 4.74 Å².